The van der Waals surface area contributed by atoms with E-state index in [-0.39, 0.29) is 11.9 Å². The minimum Gasteiger partial charge on any atom is -0.349 e. The molecule has 1 aliphatic rings. The van der Waals surface area contributed by atoms with Gasteiger partial charge in [-0.05, 0) is 64.8 Å². The van der Waals surface area contributed by atoms with Crippen molar-refractivity contribution in [2.75, 3.05) is 19.6 Å². The Morgan fingerprint density at radius 2 is 1.86 bits per heavy atom. The quantitative estimate of drug-likeness (QED) is 0.761. The number of benzene rings is 1. The molecule has 0 bridgehead atoms. The maximum atomic E-state index is 12.6. The van der Waals surface area contributed by atoms with Crippen LogP contribution < -0.4 is 5.32 Å². The third-order valence-corrected chi connectivity index (χ3v) is 5.80. The molecule has 1 fully saturated rings. The normalized spacial score (nSPS) is 15.5. The number of halogens is 1. The Bertz CT molecular complexity index is 857. The minimum atomic E-state index is -0.0132. The summed E-state index contributed by atoms with van der Waals surface area (Å²) in [5, 5.41) is 8.31. The Morgan fingerprint density at radius 1 is 1.21 bits per heavy atom. The van der Waals surface area contributed by atoms with Gasteiger partial charge in [0, 0.05) is 31.2 Å². The molecule has 1 amide bonds. The second-order valence-corrected chi connectivity index (χ2v) is 8.15. The largest absolute Gasteiger partial charge is 0.349 e. The summed E-state index contributed by atoms with van der Waals surface area (Å²) in [7, 11) is 0. The van der Waals surface area contributed by atoms with Crippen molar-refractivity contribution in [1.29, 1.82) is 0 Å². The minimum absolute atomic E-state index is 0.0132. The molecule has 3 rings (SSSR count). The van der Waals surface area contributed by atoms with Gasteiger partial charge >= 0.3 is 0 Å². The number of aryl methyl sites for hydroxylation is 1. The molecule has 1 aromatic heterocycles. The first-order valence-electron chi connectivity index (χ1n) is 9.84. The van der Waals surface area contributed by atoms with Crippen molar-refractivity contribution >= 4 is 17.5 Å². The molecule has 6 heteroatoms. The van der Waals surface area contributed by atoms with Crippen molar-refractivity contribution in [2.45, 2.75) is 46.6 Å². The first-order valence-corrected chi connectivity index (χ1v) is 10.2. The highest BCUT2D eigenvalue weighted by Gasteiger charge is 2.20. The van der Waals surface area contributed by atoms with E-state index in [1.165, 1.54) is 5.57 Å². The van der Waals surface area contributed by atoms with Gasteiger partial charge < -0.3 is 5.32 Å². The van der Waals surface area contributed by atoms with Crippen molar-refractivity contribution in [1.82, 2.24) is 20.0 Å². The van der Waals surface area contributed by atoms with Gasteiger partial charge in [-0.15, -0.1) is 0 Å². The number of piperidine rings is 1. The number of nitrogens with zero attached hydrogens (tertiary/aromatic N) is 3. The Kier molecular flexibility index (Phi) is 6.57. The molecule has 0 saturated carbocycles. The second kappa shape index (κ2) is 8.93. The molecule has 5 nitrogen and oxygen atoms in total. The number of likely N-dealkylation sites (tertiary alicyclic amines) is 1. The molecule has 0 aliphatic carbocycles. The molecule has 0 spiro atoms. The number of rotatable bonds is 5. The van der Waals surface area contributed by atoms with Gasteiger partial charge in [-0.3, -0.25) is 9.69 Å². The molecular formula is C22H29ClN4O. The van der Waals surface area contributed by atoms with Crippen LogP contribution in [0, 0.1) is 13.8 Å². The van der Waals surface area contributed by atoms with Gasteiger partial charge in [-0.25, -0.2) is 4.68 Å². The highest BCUT2D eigenvalue weighted by atomic mass is 35.5. The molecule has 0 radical (unpaired) electrons. The van der Waals surface area contributed by atoms with Crippen LogP contribution in [-0.2, 0) is 0 Å². The Morgan fingerprint density at radius 3 is 2.39 bits per heavy atom. The monoisotopic (exact) mass is 400 g/mol. The lowest BCUT2D eigenvalue weighted by Crippen LogP contribution is -2.44. The molecule has 1 aliphatic heterocycles. The van der Waals surface area contributed by atoms with Gasteiger partial charge in [0.05, 0.1) is 22.1 Å². The summed E-state index contributed by atoms with van der Waals surface area (Å²) in [5.41, 5.74) is 4.62. The van der Waals surface area contributed by atoms with E-state index in [9.17, 15) is 4.79 Å². The smallest absolute Gasteiger partial charge is 0.251 e. The second-order valence-electron chi connectivity index (χ2n) is 7.77. The summed E-state index contributed by atoms with van der Waals surface area (Å²) in [5.74, 6) is -0.0132. The zero-order chi connectivity index (χ0) is 20.3. The fraction of sp³-hybridized carbons (Fsp3) is 0.455. The van der Waals surface area contributed by atoms with E-state index in [2.05, 4.69) is 35.2 Å². The molecule has 0 unspecified atom stereocenters. The average Bonchev–Trinajstić information content (AvgIpc) is 2.95. The van der Waals surface area contributed by atoms with E-state index >= 15 is 0 Å². The Labute approximate surface area is 172 Å². The van der Waals surface area contributed by atoms with Crippen LogP contribution in [-0.4, -0.2) is 46.3 Å². The zero-order valence-corrected chi connectivity index (χ0v) is 17.9. The molecule has 1 aromatic carbocycles. The van der Waals surface area contributed by atoms with E-state index in [1.54, 1.807) is 0 Å². The highest BCUT2D eigenvalue weighted by Crippen LogP contribution is 2.22. The van der Waals surface area contributed by atoms with Crippen LogP contribution in [0.25, 0.3) is 5.69 Å². The van der Waals surface area contributed by atoms with Gasteiger partial charge in [0.1, 0.15) is 0 Å². The Balaban J connectivity index is 1.57. The number of hydrogen-bond donors (Lipinski definition) is 1. The van der Waals surface area contributed by atoms with Crippen molar-refractivity contribution in [2.24, 2.45) is 0 Å². The topological polar surface area (TPSA) is 50.2 Å². The predicted octanol–water partition coefficient (Wildman–Crippen LogP) is 4.30. The van der Waals surface area contributed by atoms with Crippen LogP contribution in [0.5, 0.6) is 0 Å². The van der Waals surface area contributed by atoms with E-state index in [1.807, 2.05) is 42.8 Å². The zero-order valence-electron chi connectivity index (χ0n) is 17.1. The summed E-state index contributed by atoms with van der Waals surface area (Å²) in [6.07, 6.45) is 4.24. The third kappa shape index (κ3) is 4.83. The molecule has 1 saturated heterocycles. The summed E-state index contributed by atoms with van der Waals surface area (Å²) >= 11 is 6.23. The van der Waals surface area contributed by atoms with Crippen LogP contribution in [0.4, 0.5) is 0 Å². The first-order chi connectivity index (χ1) is 13.3. The van der Waals surface area contributed by atoms with Gasteiger partial charge in [-0.2, -0.15) is 5.10 Å². The van der Waals surface area contributed by atoms with Crippen molar-refractivity contribution < 1.29 is 4.79 Å². The maximum Gasteiger partial charge on any atom is 0.251 e. The third-order valence-electron chi connectivity index (χ3n) is 5.26. The molecule has 2 heterocycles. The summed E-state index contributed by atoms with van der Waals surface area (Å²) in [4.78, 5) is 15.0. The standard InChI is InChI=1S/C22H29ClN4O/c1-15(2)9-12-26-13-10-19(11-14-26)24-22(28)18-5-7-20(8-6-18)27-17(4)21(23)16(3)25-27/h5-9,19H,10-14H2,1-4H3,(H,24,28). The van der Waals surface area contributed by atoms with Gasteiger partial charge in [-0.1, -0.05) is 23.3 Å². The number of nitrogens with one attached hydrogen (secondary N) is 1. The lowest BCUT2D eigenvalue weighted by atomic mass is 10.0. The van der Waals surface area contributed by atoms with Gasteiger partial charge in [0.15, 0.2) is 0 Å². The van der Waals surface area contributed by atoms with Crippen LogP contribution >= 0.6 is 11.6 Å². The van der Waals surface area contributed by atoms with Crippen molar-refractivity contribution in [3.05, 3.63) is 57.9 Å². The lowest BCUT2D eigenvalue weighted by Gasteiger charge is -2.31. The number of carbonyl (C=O) groups is 1. The van der Waals surface area contributed by atoms with Crippen molar-refractivity contribution in [3.8, 4) is 5.69 Å². The molecule has 1 N–H and O–H groups in total. The Hall–Kier alpha value is -2.11. The number of carbonyl (C=O) groups excluding carboxylic acids is 1. The highest BCUT2D eigenvalue weighted by molar-refractivity contribution is 6.31. The number of allylic oxidation sites excluding steroid dienone is 1. The van der Waals surface area contributed by atoms with Crippen LogP contribution in [0.1, 0.15) is 48.4 Å². The summed E-state index contributed by atoms with van der Waals surface area (Å²) < 4.78 is 1.81. The SMILES string of the molecule is CC(C)=CCN1CCC(NC(=O)c2ccc(-n3nc(C)c(Cl)c3C)cc2)CC1. The van der Waals surface area contributed by atoms with E-state index < -0.39 is 0 Å². The van der Waals surface area contributed by atoms with Crippen LogP contribution in [0.15, 0.2) is 35.9 Å². The van der Waals surface area contributed by atoms with Crippen molar-refractivity contribution in [3.63, 3.8) is 0 Å². The maximum absolute atomic E-state index is 12.6. The van der Waals surface area contributed by atoms with Crippen LogP contribution in [0.3, 0.4) is 0 Å². The van der Waals surface area contributed by atoms with E-state index in [0.717, 1.165) is 49.6 Å². The van der Waals surface area contributed by atoms with E-state index in [0.29, 0.717) is 10.6 Å². The molecular weight excluding hydrogens is 372 g/mol. The fourth-order valence-corrected chi connectivity index (χ4v) is 3.59. The predicted molar refractivity (Wildman–Crippen MR) is 114 cm³/mol. The first kappa shape index (κ1) is 20.6. The molecule has 150 valence electrons. The fourth-order valence-electron chi connectivity index (χ4n) is 3.47. The summed E-state index contributed by atoms with van der Waals surface area (Å²) in [6, 6.07) is 7.75. The molecule has 2 aromatic rings. The summed E-state index contributed by atoms with van der Waals surface area (Å²) in [6.45, 7) is 11.1. The molecule has 0 atom stereocenters. The van der Waals surface area contributed by atoms with Gasteiger partial charge in [0.2, 0.25) is 0 Å². The average molecular weight is 401 g/mol. The van der Waals surface area contributed by atoms with Gasteiger partial charge in [0.25, 0.3) is 5.91 Å². The molecule has 28 heavy (non-hydrogen) atoms. The number of amides is 1. The number of hydrogen-bond acceptors (Lipinski definition) is 3. The van der Waals surface area contributed by atoms with E-state index in [4.69, 9.17) is 11.6 Å². The lowest BCUT2D eigenvalue weighted by molar-refractivity contribution is 0.0914. The van der Waals surface area contributed by atoms with Crippen LogP contribution in [0.2, 0.25) is 5.02 Å². The number of aromatic nitrogens is 2.